The molecule has 0 bridgehead atoms. The SMILES string of the molecule is CCCCC[C@H]1CCC(C(=O)OCC)=C2CCCN21. The van der Waals surface area contributed by atoms with Crippen LogP contribution in [0.2, 0.25) is 0 Å². The van der Waals surface area contributed by atoms with Crippen LogP contribution in [0.4, 0.5) is 0 Å². The second-order valence-electron chi connectivity index (χ2n) is 5.63. The quantitative estimate of drug-likeness (QED) is 0.542. The first-order valence-corrected chi connectivity index (χ1v) is 7.93. The van der Waals surface area contributed by atoms with Gasteiger partial charge in [-0.3, -0.25) is 0 Å². The number of fused-ring (bicyclic) bond motifs is 1. The molecule has 0 spiro atoms. The highest BCUT2D eigenvalue weighted by molar-refractivity contribution is 5.89. The van der Waals surface area contributed by atoms with Crippen molar-refractivity contribution in [1.29, 1.82) is 0 Å². The number of carbonyl (C=O) groups is 1. The molecular weight excluding hydrogens is 238 g/mol. The molecule has 3 heteroatoms. The summed E-state index contributed by atoms with van der Waals surface area (Å²) in [5.41, 5.74) is 2.26. The summed E-state index contributed by atoms with van der Waals surface area (Å²) in [6.45, 7) is 5.75. The van der Waals surface area contributed by atoms with E-state index in [1.807, 2.05) is 6.92 Å². The van der Waals surface area contributed by atoms with Crippen molar-refractivity contribution in [1.82, 2.24) is 4.90 Å². The number of hydrogen-bond acceptors (Lipinski definition) is 3. The van der Waals surface area contributed by atoms with Crippen molar-refractivity contribution >= 4 is 5.97 Å². The Labute approximate surface area is 117 Å². The van der Waals surface area contributed by atoms with Crippen LogP contribution >= 0.6 is 0 Å². The molecule has 0 aromatic heterocycles. The van der Waals surface area contributed by atoms with Gasteiger partial charge in [0, 0.05) is 18.3 Å². The summed E-state index contributed by atoms with van der Waals surface area (Å²) in [4.78, 5) is 14.5. The zero-order valence-corrected chi connectivity index (χ0v) is 12.4. The van der Waals surface area contributed by atoms with E-state index in [1.54, 1.807) is 0 Å². The van der Waals surface area contributed by atoms with Crippen molar-refractivity contribution in [2.75, 3.05) is 13.2 Å². The fourth-order valence-electron chi connectivity index (χ4n) is 3.40. The van der Waals surface area contributed by atoms with Crippen LogP contribution in [0, 0.1) is 0 Å². The smallest absolute Gasteiger partial charge is 0.335 e. The molecule has 0 saturated carbocycles. The van der Waals surface area contributed by atoms with E-state index >= 15 is 0 Å². The molecule has 0 aromatic carbocycles. The summed E-state index contributed by atoms with van der Waals surface area (Å²) in [7, 11) is 0. The molecule has 2 heterocycles. The van der Waals surface area contributed by atoms with Gasteiger partial charge < -0.3 is 9.64 Å². The van der Waals surface area contributed by atoms with Crippen molar-refractivity contribution in [2.24, 2.45) is 0 Å². The van der Waals surface area contributed by atoms with Crippen molar-refractivity contribution in [3.05, 3.63) is 11.3 Å². The fourth-order valence-corrected chi connectivity index (χ4v) is 3.40. The van der Waals surface area contributed by atoms with Crippen molar-refractivity contribution < 1.29 is 9.53 Å². The Balaban J connectivity index is 2.03. The number of unbranched alkanes of at least 4 members (excludes halogenated alkanes) is 2. The monoisotopic (exact) mass is 265 g/mol. The van der Waals surface area contributed by atoms with E-state index in [1.165, 1.54) is 37.8 Å². The normalized spacial score (nSPS) is 22.6. The summed E-state index contributed by atoms with van der Waals surface area (Å²) in [5.74, 6) is -0.0728. The average molecular weight is 265 g/mol. The minimum Gasteiger partial charge on any atom is -0.463 e. The first-order valence-electron chi connectivity index (χ1n) is 7.93. The molecule has 0 amide bonds. The van der Waals surface area contributed by atoms with Crippen LogP contribution in [0.25, 0.3) is 0 Å². The molecule has 0 radical (unpaired) electrons. The van der Waals surface area contributed by atoms with E-state index in [2.05, 4.69) is 11.8 Å². The van der Waals surface area contributed by atoms with Gasteiger partial charge in [0.05, 0.1) is 12.2 Å². The van der Waals surface area contributed by atoms with Gasteiger partial charge in [0.25, 0.3) is 0 Å². The lowest BCUT2D eigenvalue weighted by atomic mass is 9.93. The molecule has 2 aliphatic rings. The Kier molecular flexibility index (Phi) is 5.29. The topological polar surface area (TPSA) is 29.5 Å². The minimum absolute atomic E-state index is 0.0728. The summed E-state index contributed by atoms with van der Waals surface area (Å²) < 4.78 is 5.20. The Morgan fingerprint density at radius 3 is 2.89 bits per heavy atom. The molecule has 2 rings (SSSR count). The van der Waals surface area contributed by atoms with Gasteiger partial charge in [-0.15, -0.1) is 0 Å². The molecule has 108 valence electrons. The highest BCUT2D eigenvalue weighted by Crippen LogP contribution is 2.36. The molecule has 0 aromatic rings. The number of ether oxygens (including phenoxy) is 1. The zero-order valence-electron chi connectivity index (χ0n) is 12.4. The van der Waals surface area contributed by atoms with Crippen LogP contribution in [-0.2, 0) is 9.53 Å². The predicted octanol–water partition coefficient (Wildman–Crippen LogP) is 3.64. The van der Waals surface area contributed by atoms with Crippen LogP contribution < -0.4 is 0 Å². The molecule has 19 heavy (non-hydrogen) atoms. The minimum atomic E-state index is -0.0728. The van der Waals surface area contributed by atoms with Crippen LogP contribution in [0.15, 0.2) is 11.3 Å². The molecular formula is C16H27NO2. The maximum atomic E-state index is 12.0. The van der Waals surface area contributed by atoms with Gasteiger partial charge in [-0.2, -0.15) is 0 Å². The van der Waals surface area contributed by atoms with Gasteiger partial charge in [0.2, 0.25) is 0 Å². The molecule has 0 N–H and O–H groups in total. The summed E-state index contributed by atoms with van der Waals surface area (Å²) in [5, 5.41) is 0. The highest BCUT2D eigenvalue weighted by atomic mass is 16.5. The lowest BCUT2D eigenvalue weighted by Crippen LogP contribution is -2.36. The zero-order chi connectivity index (χ0) is 13.7. The number of allylic oxidation sites excluding steroid dienone is 1. The third kappa shape index (κ3) is 3.31. The molecule has 1 atom stereocenters. The van der Waals surface area contributed by atoms with Gasteiger partial charge in [-0.25, -0.2) is 4.79 Å². The maximum Gasteiger partial charge on any atom is 0.335 e. The van der Waals surface area contributed by atoms with Crippen LogP contribution in [0.1, 0.15) is 65.2 Å². The van der Waals surface area contributed by atoms with E-state index in [0.717, 1.165) is 31.4 Å². The standard InChI is InChI=1S/C16H27NO2/c1-3-5-6-8-13-10-11-14(16(18)19-4-2)15-9-7-12-17(13)15/h13H,3-12H2,1-2H3/t13-/m0/s1. The van der Waals surface area contributed by atoms with Crippen LogP contribution in [0.3, 0.4) is 0 Å². The second-order valence-corrected chi connectivity index (χ2v) is 5.63. The maximum absolute atomic E-state index is 12.0. The Bertz CT molecular complexity index is 349. The summed E-state index contributed by atoms with van der Waals surface area (Å²) in [6, 6.07) is 0.669. The van der Waals surface area contributed by atoms with E-state index in [9.17, 15) is 4.79 Å². The van der Waals surface area contributed by atoms with Gasteiger partial charge in [-0.1, -0.05) is 26.2 Å². The molecule has 2 aliphatic heterocycles. The summed E-state index contributed by atoms with van der Waals surface area (Å²) in [6.07, 6.45) is 9.52. The molecule has 0 aliphatic carbocycles. The van der Waals surface area contributed by atoms with Crippen molar-refractivity contribution in [3.63, 3.8) is 0 Å². The fraction of sp³-hybridized carbons (Fsp3) is 0.812. The second kappa shape index (κ2) is 6.97. The average Bonchev–Trinajstić information content (AvgIpc) is 2.88. The van der Waals surface area contributed by atoms with Gasteiger partial charge >= 0.3 is 5.97 Å². The van der Waals surface area contributed by atoms with E-state index in [4.69, 9.17) is 4.74 Å². The summed E-state index contributed by atoms with van der Waals surface area (Å²) >= 11 is 0. The number of rotatable bonds is 6. The molecule has 0 unspecified atom stereocenters. The lowest BCUT2D eigenvalue weighted by Gasteiger charge is -2.36. The van der Waals surface area contributed by atoms with Gasteiger partial charge in [0.15, 0.2) is 0 Å². The van der Waals surface area contributed by atoms with E-state index in [0.29, 0.717) is 12.6 Å². The number of esters is 1. The number of hydrogen-bond donors (Lipinski definition) is 0. The number of carbonyl (C=O) groups excluding carboxylic acids is 1. The Morgan fingerprint density at radius 1 is 1.32 bits per heavy atom. The third-order valence-electron chi connectivity index (χ3n) is 4.34. The van der Waals surface area contributed by atoms with Crippen LogP contribution in [-0.4, -0.2) is 30.1 Å². The van der Waals surface area contributed by atoms with Gasteiger partial charge in [-0.05, 0) is 39.0 Å². The first kappa shape index (κ1) is 14.4. The largest absolute Gasteiger partial charge is 0.463 e. The van der Waals surface area contributed by atoms with Crippen molar-refractivity contribution in [3.8, 4) is 0 Å². The first-order chi connectivity index (χ1) is 9.27. The highest BCUT2D eigenvalue weighted by Gasteiger charge is 2.33. The van der Waals surface area contributed by atoms with Gasteiger partial charge in [0.1, 0.15) is 0 Å². The van der Waals surface area contributed by atoms with Crippen LogP contribution in [0.5, 0.6) is 0 Å². The van der Waals surface area contributed by atoms with E-state index < -0.39 is 0 Å². The predicted molar refractivity (Wildman–Crippen MR) is 76.8 cm³/mol. The molecule has 3 nitrogen and oxygen atoms in total. The lowest BCUT2D eigenvalue weighted by molar-refractivity contribution is -0.139. The Morgan fingerprint density at radius 2 is 2.16 bits per heavy atom. The molecule has 1 saturated heterocycles. The number of nitrogens with zero attached hydrogens (tertiary/aromatic N) is 1. The third-order valence-corrected chi connectivity index (χ3v) is 4.34. The Hall–Kier alpha value is -0.990. The van der Waals surface area contributed by atoms with E-state index in [-0.39, 0.29) is 5.97 Å². The molecule has 1 fully saturated rings. The van der Waals surface area contributed by atoms with Crippen molar-refractivity contribution in [2.45, 2.75) is 71.3 Å².